The second-order valence-corrected chi connectivity index (χ2v) is 35.6. The summed E-state index contributed by atoms with van der Waals surface area (Å²) >= 11 is -1.37. The largest absolute Gasteiger partial charge is 0.398 e. The van der Waals surface area contributed by atoms with Gasteiger partial charge in [-0.05, 0) is 51.0 Å². The first-order valence-corrected chi connectivity index (χ1v) is 34.2. The van der Waals surface area contributed by atoms with E-state index in [4.69, 9.17) is 0 Å². The lowest BCUT2D eigenvalue weighted by molar-refractivity contribution is 0.339. The van der Waals surface area contributed by atoms with E-state index in [-0.39, 0.29) is 14.1 Å². The molecular formula is C47H97Al3N2Si. The monoisotopic (exact) mass is 799 g/mol. The Morgan fingerprint density at radius 2 is 0.906 bits per heavy atom. The quantitative estimate of drug-likeness (QED) is 0.0909. The Hall–Kier alpha value is 0.794. The van der Waals surface area contributed by atoms with Crippen LogP contribution < -0.4 is 4.57 Å². The number of para-hydroxylation sites is 1. The zero-order valence-electron chi connectivity index (χ0n) is 39.4. The maximum Gasteiger partial charge on any atom is 0.262 e. The van der Waals surface area contributed by atoms with E-state index in [9.17, 15) is 0 Å². The minimum Gasteiger partial charge on any atom is -0.398 e. The van der Waals surface area contributed by atoms with E-state index in [2.05, 4.69) is 149 Å². The van der Waals surface area contributed by atoms with Crippen LogP contribution in [0.4, 0.5) is 5.69 Å². The van der Waals surface area contributed by atoms with Gasteiger partial charge in [0.1, 0.15) is 8.24 Å². The van der Waals surface area contributed by atoms with Crippen LogP contribution in [-0.4, -0.2) is 81.8 Å². The Kier molecular flexibility index (Phi) is 32.2. The molecule has 0 spiro atoms. The third kappa shape index (κ3) is 31.5. The molecule has 0 N–H and O–H groups in total. The molecule has 1 saturated heterocycles. The van der Waals surface area contributed by atoms with Gasteiger partial charge in [-0.25, -0.2) is 0 Å². The smallest absolute Gasteiger partial charge is 0.262 e. The highest BCUT2D eigenvalue weighted by Crippen LogP contribution is 2.25. The van der Waals surface area contributed by atoms with Gasteiger partial charge in [0.15, 0.2) is 0 Å². The maximum atomic E-state index is 2.73. The first-order chi connectivity index (χ1) is 24.8. The molecule has 1 aromatic rings. The number of hydrogen-bond donors (Lipinski definition) is 0. The lowest BCUT2D eigenvalue weighted by atomic mass is 10.3. The molecular weight excluding hydrogens is 702 g/mol. The SMILES string of the molecule is CC(C)[CH2][Al]([CH2]CCN(c1ccccc1)[Si](C)(C)C)[CH2]C(C)C.CC(C)[CH2][Al]([CH2]CCN1CCCC1)[CH2]C(C)C.CCC[CH2][Al]([CH2]C(C)C)[CH2]C(C)C. The van der Waals surface area contributed by atoms with Gasteiger partial charge in [0.2, 0.25) is 0 Å². The van der Waals surface area contributed by atoms with Crippen molar-refractivity contribution in [3.05, 3.63) is 30.3 Å². The number of rotatable bonds is 25. The second-order valence-electron chi connectivity index (χ2n) is 21.0. The molecule has 2 rings (SSSR count). The van der Waals surface area contributed by atoms with Crippen LogP contribution in [0.2, 0.25) is 67.2 Å². The van der Waals surface area contributed by atoms with Crippen LogP contribution >= 0.6 is 0 Å². The summed E-state index contributed by atoms with van der Waals surface area (Å²) in [6.45, 7) is 43.9. The summed E-state index contributed by atoms with van der Waals surface area (Å²) in [4.78, 5) is 2.68. The van der Waals surface area contributed by atoms with E-state index in [1.807, 2.05) is 0 Å². The molecule has 2 nitrogen and oxygen atoms in total. The van der Waals surface area contributed by atoms with Gasteiger partial charge in [0.05, 0.1) is 0 Å². The minimum absolute atomic E-state index is 0.367. The van der Waals surface area contributed by atoms with Crippen LogP contribution in [0.1, 0.15) is 129 Å². The number of hydrogen-bond acceptors (Lipinski definition) is 2. The van der Waals surface area contributed by atoms with E-state index in [0.29, 0.717) is 0 Å². The predicted octanol–water partition coefficient (Wildman–Crippen LogP) is 15.4. The Morgan fingerprint density at radius 1 is 0.547 bits per heavy atom. The van der Waals surface area contributed by atoms with Gasteiger partial charge < -0.3 is 9.47 Å². The van der Waals surface area contributed by atoms with Gasteiger partial charge in [0.25, 0.3) is 42.4 Å². The molecule has 1 aliphatic rings. The van der Waals surface area contributed by atoms with Crippen LogP contribution in [0.25, 0.3) is 0 Å². The highest BCUT2D eigenvalue weighted by Gasteiger charge is 2.26. The fourth-order valence-electron chi connectivity index (χ4n) is 9.10. The van der Waals surface area contributed by atoms with Crippen molar-refractivity contribution in [1.29, 1.82) is 0 Å². The van der Waals surface area contributed by atoms with Crippen molar-refractivity contribution < 1.29 is 0 Å². The fraction of sp³-hybridized carbons (Fsp3) is 0.872. The molecule has 0 atom stereocenters. The molecule has 1 aliphatic heterocycles. The van der Waals surface area contributed by atoms with Gasteiger partial charge in [-0.2, -0.15) is 0 Å². The zero-order valence-corrected chi connectivity index (χ0v) is 43.9. The average Bonchev–Trinajstić information content (AvgIpc) is 3.54. The van der Waals surface area contributed by atoms with Crippen molar-refractivity contribution in [1.82, 2.24) is 4.90 Å². The zero-order chi connectivity index (χ0) is 40.4. The normalized spacial score (nSPS) is 13.5. The van der Waals surface area contributed by atoms with Crippen molar-refractivity contribution in [2.45, 2.75) is 196 Å². The fourth-order valence-corrected chi connectivity index (χ4v) is 23.3. The molecule has 0 saturated carbocycles. The van der Waals surface area contributed by atoms with Crippen molar-refractivity contribution in [3.8, 4) is 0 Å². The number of nitrogens with zero attached hydrogens (tertiary/aromatic N) is 2. The van der Waals surface area contributed by atoms with E-state index in [1.165, 1.54) is 86.2 Å². The summed E-state index contributed by atoms with van der Waals surface area (Å²) in [5.74, 6) is 5.49. The van der Waals surface area contributed by atoms with E-state index < -0.39 is 36.5 Å². The van der Waals surface area contributed by atoms with Crippen molar-refractivity contribution in [2.75, 3.05) is 30.7 Å². The summed E-state index contributed by atoms with van der Waals surface area (Å²) in [5, 5.41) is 14.0. The van der Waals surface area contributed by atoms with Gasteiger partial charge in [-0.15, -0.1) is 0 Å². The van der Waals surface area contributed by atoms with Crippen LogP contribution in [0.5, 0.6) is 0 Å². The van der Waals surface area contributed by atoms with Gasteiger partial charge in [0, 0.05) is 12.2 Å². The average molecular weight is 799 g/mol. The lowest BCUT2D eigenvalue weighted by Crippen LogP contribution is -2.47. The second kappa shape index (κ2) is 31.7. The van der Waals surface area contributed by atoms with Gasteiger partial charge >= 0.3 is 0 Å². The first-order valence-electron chi connectivity index (χ1n) is 23.4. The number of benzene rings is 1. The van der Waals surface area contributed by atoms with Gasteiger partial charge in [-0.3, -0.25) is 0 Å². The van der Waals surface area contributed by atoms with Crippen LogP contribution in [0.15, 0.2) is 30.3 Å². The Bertz CT molecular complexity index is 911. The number of unbranched alkanes of at least 4 members (excludes halogenated alkanes) is 1. The lowest BCUT2D eigenvalue weighted by Gasteiger charge is -2.37. The molecule has 6 heteroatoms. The minimum atomic E-state index is -1.31. The summed E-state index contributed by atoms with van der Waals surface area (Å²) in [6, 6.07) is 11.1. The number of anilines is 1. The summed E-state index contributed by atoms with van der Waals surface area (Å²) in [6.07, 6.45) is 8.62. The third-order valence-electron chi connectivity index (χ3n) is 11.0. The third-order valence-corrected chi connectivity index (χ3v) is 26.4. The van der Waals surface area contributed by atoms with Crippen molar-refractivity contribution >= 4 is 56.4 Å². The molecule has 0 radical (unpaired) electrons. The maximum absolute atomic E-state index is 2.73. The summed E-state index contributed by atoms with van der Waals surface area (Å²) < 4.78 is 2.73. The molecule has 1 heterocycles. The molecule has 0 unspecified atom stereocenters. The number of likely N-dealkylation sites (tertiary alicyclic amines) is 1. The highest BCUT2D eigenvalue weighted by molar-refractivity contribution is 6.79. The molecule has 1 aromatic carbocycles. The summed E-state index contributed by atoms with van der Waals surface area (Å²) in [5.41, 5.74) is 1.43. The Labute approximate surface area is 351 Å². The molecule has 308 valence electrons. The molecule has 0 bridgehead atoms. The molecule has 0 aliphatic carbocycles. The van der Waals surface area contributed by atoms with Crippen LogP contribution in [0.3, 0.4) is 0 Å². The molecule has 0 amide bonds. The van der Waals surface area contributed by atoms with Crippen LogP contribution in [0, 0.1) is 35.5 Å². The Morgan fingerprint density at radius 3 is 1.25 bits per heavy atom. The standard InChI is InChI=1S/C12H20NSi.C7H14N.7C4H9.3Al/c1-5-11-13(14(2,3)4)12-9-7-6-8-10-12;1-2-5-8-6-3-4-7-8;6*1-4(2)3;1-3-4-2;;;/h6-10H,1,5,11H2,2-4H3;1-7H2;6*4H,1H2,2-3H3;1,3-4H2,2H3;;;. The van der Waals surface area contributed by atoms with E-state index >= 15 is 0 Å². The van der Waals surface area contributed by atoms with E-state index in [0.717, 1.165) is 35.5 Å². The van der Waals surface area contributed by atoms with Crippen molar-refractivity contribution in [2.24, 2.45) is 35.5 Å². The molecule has 1 fully saturated rings. The van der Waals surface area contributed by atoms with Crippen LogP contribution in [-0.2, 0) is 0 Å². The highest BCUT2D eigenvalue weighted by atomic mass is 28.3. The topological polar surface area (TPSA) is 6.48 Å². The Balaban J connectivity index is 0.000000800. The van der Waals surface area contributed by atoms with Crippen molar-refractivity contribution in [3.63, 3.8) is 0 Å². The molecule has 53 heavy (non-hydrogen) atoms. The molecule has 0 aromatic heterocycles. The van der Waals surface area contributed by atoms with Gasteiger partial charge in [-0.1, -0.05) is 230 Å². The van der Waals surface area contributed by atoms with E-state index in [1.54, 1.807) is 31.7 Å². The summed E-state index contributed by atoms with van der Waals surface area (Å²) in [7, 11) is -1.31. The first kappa shape index (κ1) is 53.8. The predicted molar refractivity (Wildman–Crippen MR) is 257 cm³/mol.